The van der Waals surface area contributed by atoms with Crippen LogP contribution in [0, 0.1) is 10.1 Å². The van der Waals surface area contributed by atoms with E-state index in [0.29, 0.717) is 39.6 Å². The molecule has 5 rings (SSSR count). The summed E-state index contributed by atoms with van der Waals surface area (Å²) in [5.41, 5.74) is 3.00. The second kappa shape index (κ2) is 15.7. The Hall–Kier alpha value is -6.48. The number of rotatable bonds is 14. The molecular formula is C39H33N3O6. The molecular weight excluding hydrogens is 606 g/mol. The van der Waals surface area contributed by atoms with Crippen LogP contribution in [0.2, 0.25) is 0 Å². The van der Waals surface area contributed by atoms with Gasteiger partial charge in [-0.1, -0.05) is 72.8 Å². The second-order valence-electron chi connectivity index (χ2n) is 10.6. The summed E-state index contributed by atoms with van der Waals surface area (Å²) in [4.78, 5) is 40.0. The van der Waals surface area contributed by atoms with E-state index >= 15 is 0 Å². The minimum absolute atomic E-state index is 0.120. The molecule has 0 aromatic heterocycles. The minimum atomic E-state index is -0.970. The summed E-state index contributed by atoms with van der Waals surface area (Å²) in [5, 5.41) is 18.0. The molecule has 0 radical (unpaired) electrons. The first-order valence-electron chi connectivity index (χ1n) is 15.0. The fourth-order valence-electron chi connectivity index (χ4n) is 5.08. The molecule has 9 nitrogen and oxygen atoms in total. The Morgan fingerprint density at radius 2 is 1.00 bits per heavy atom. The third-order valence-electron chi connectivity index (χ3n) is 7.62. The van der Waals surface area contributed by atoms with E-state index in [1.165, 1.54) is 12.1 Å². The van der Waals surface area contributed by atoms with Crippen molar-refractivity contribution in [2.24, 2.45) is 0 Å². The Labute approximate surface area is 278 Å². The van der Waals surface area contributed by atoms with Gasteiger partial charge in [-0.05, 0) is 54.1 Å². The molecule has 48 heavy (non-hydrogen) atoms. The van der Waals surface area contributed by atoms with Gasteiger partial charge in [-0.15, -0.1) is 0 Å². The molecule has 2 N–H and O–H groups in total. The van der Waals surface area contributed by atoms with Crippen molar-refractivity contribution < 1.29 is 24.0 Å². The largest absolute Gasteiger partial charge is 0.497 e. The van der Waals surface area contributed by atoms with Gasteiger partial charge in [-0.25, -0.2) is 0 Å². The number of hydrogen-bond donors (Lipinski definition) is 2. The number of methoxy groups -OCH3 is 2. The molecule has 5 aromatic carbocycles. The van der Waals surface area contributed by atoms with E-state index in [1.807, 2.05) is 12.1 Å². The number of Topliss-reactive ketones (excluding diaryl/α,β-unsaturated/α-hetero) is 2. The van der Waals surface area contributed by atoms with Gasteiger partial charge in [-0.2, -0.15) is 0 Å². The Morgan fingerprint density at radius 1 is 0.604 bits per heavy atom. The topological polar surface area (TPSA) is 120 Å². The number of ketones is 2. The van der Waals surface area contributed by atoms with Crippen molar-refractivity contribution in [3.63, 3.8) is 0 Å². The average Bonchev–Trinajstić information content (AvgIpc) is 3.15. The van der Waals surface area contributed by atoms with Crippen LogP contribution in [0.1, 0.15) is 32.2 Å². The van der Waals surface area contributed by atoms with Gasteiger partial charge < -0.3 is 20.1 Å². The molecule has 0 heterocycles. The highest BCUT2D eigenvalue weighted by Gasteiger charge is 2.32. The highest BCUT2D eigenvalue weighted by molar-refractivity contribution is 6.15. The SMILES string of the molecule is COc1ccc(N/C=C(/C(=O)c2ccccc2)C(/C(=C\Nc2ccc(OC)cc2)C(=O)c2ccccc2)c2ccc([N+](=O)[O-])cc2)cc1. The average molecular weight is 640 g/mol. The molecule has 0 atom stereocenters. The lowest BCUT2D eigenvalue weighted by atomic mass is 9.79. The molecule has 0 unspecified atom stereocenters. The van der Waals surface area contributed by atoms with Crippen LogP contribution < -0.4 is 20.1 Å². The number of nitro groups is 1. The summed E-state index contributed by atoms with van der Waals surface area (Å²) in [6.45, 7) is 0. The van der Waals surface area contributed by atoms with Gasteiger partial charge in [0.2, 0.25) is 0 Å². The van der Waals surface area contributed by atoms with E-state index in [0.717, 1.165) is 0 Å². The third-order valence-corrected chi connectivity index (χ3v) is 7.62. The van der Waals surface area contributed by atoms with Crippen LogP contribution in [0.4, 0.5) is 17.1 Å². The first kappa shape index (κ1) is 32.9. The van der Waals surface area contributed by atoms with Crippen molar-refractivity contribution in [1.29, 1.82) is 0 Å². The number of nitrogens with one attached hydrogen (secondary N) is 2. The van der Waals surface area contributed by atoms with E-state index in [1.54, 1.807) is 136 Å². The molecule has 0 aliphatic rings. The number of nitro benzene ring substituents is 1. The van der Waals surface area contributed by atoms with Crippen LogP contribution in [0.5, 0.6) is 11.5 Å². The van der Waals surface area contributed by atoms with Crippen molar-refractivity contribution in [3.05, 3.63) is 184 Å². The number of allylic oxidation sites excluding steroid dienone is 2. The number of nitrogens with zero attached hydrogens (tertiary/aromatic N) is 1. The van der Waals surface area contributed by atoms with Crippen LogP contribution in [-0.2, 0) is 0 Å². The zero-order valence-corrected chi connectivity index (χ0v) is 26.3. The molecule has 5 aromatic rings. The molecule has 0 amide bonds. The molecule has 0 aliphatic carbocycles. The Bertz CT molecular complexity index is 1810. The summed E-state index contributed by atoms with van der Waals surface area (Å²) in [6, 6.07) is 37.7. The molecule has 0 saturated carbocycles. The van der Waals surface area contributed by atoms with E-state index in [9.17, 15) is 19.7 Å². The summed E-state index contributed by atoms with van der Waals surface area (Å²) in [5.74, 6) is -0.315. The Balaban J connectivity index is 1.72. The van der Waals surface area contributed by atoms with Crippen molar-refractivity contribution in [2.75, 3.05) is 24.9 Å². The van der Waals surface area contributed by atoms with Crippen LogP contribution in [0.3, 0.4) is 0 Å². The fourth-order valence-corrected chi connectivity index (χ4v) is 5.08. The lowest BCUT2D eigenvalue weighted by molar-refractivity contribution is -0.384. The highest BCUT2D eigenvalue weighted by Crippen LogP contribution is 2.37. The Morgan fingerprint density at radius 3 is 1.35 bits per heavy atom. The van der Waals surface area contributed by atoms with Gasteiger partial charge in [0, 0.05) is 64.1 Å². The van der Waals surface area contributed by atoms with E-state index in [4.69, 9.17) is 9.47 Å². The fraction of sp³-hybridized carbons (Fsp3) is 0.0769. The van der Waals surface area contributed by atoms with E-state index in [-0.39, 0.29) is 28.4 Å². The van der Waals surface area contributed by atoms with Crippen molar-refractivity contribution in [1.82, 2.24) is 0 Å². The first-order valence-corrected chi connectivity index (χ1v) is 15.0. The lowest BCUT2D eigenvalue weighted by Gasteiger charge is -2.24. The maximum absolute atomic E-state index is 14.5. The number of hydrogen-bond acceptors (Lipinski definition) is 8. The summed E-state index contributed by atoms with van der Waals surface area (Å²) < 4.78 is 10.6. The van der Waals surface area contributed by atoms with Gasteiger partial charge in [0.1, 0.15) is 11.5 Å². The number of carbonyl (C=O) groups is 2. The maximum Gasteiger partial charge on any atom is 0.269 e. The smallest absolute Gasteiger partial charge is 0.269 e. The van der Waals surface area contributed by atoms with Crippen molar-refractivity contribution in [2.45, 2.75) is 5.92 Å². The zero-order valence-electron chi connectivity index (χ0n) is 26.3. The number of benzene rings is 5. The van der Waals surface area contributed by atoms with Gasteiger partial charge in [0.05, 0.1) is 19.1 Å². The lowest BCUT2D eigenvalue weighted by Crippen LogP contribution is -2.21. The second-order valence-corrected chi connectivity index (χ2v) is 10.6. The van der Waals surface area contributed by atoms with Gasteiger partial charge in [0.15, 0.2) is 11.6 Å². The van der Waals surface area contributed by atoms with Gasteiger partial charge >= 0.3 is 0 Å². The number of ether oxygens (including phenoxy) is 2. The van der Waals surface area contributed by atoms with Gasteiger partial charge in [-0.3, -0.25) is 19.7 Å². The maximum atomic E-state index is 14.5. The minimum Gasteiger partial charge on any atom is -0.497 e. The van der Waals surface area contributed by atoms with Crippen molar-refractivity contribution >= 4 is 28.6 Å². The predicted octanol–water partition coefficient (Wildman–Crippen LogP) is 8.45. The van der Waals surface area contributed by atoms with Crippen molar-refractivity contribution in [3.8, 4) is 11.5 Å². The number of anilines is 2. The number of carbonyl (C=O) groups excluding carboxylic acids is 2. The predicted molar refractivity (Wildman–Crippen MR) is 187 cm³/mol. The Kier molecular flexibility index (Phi) is 10.8. The zero-order chi connectivity index (χ0) is 33.9. The van der Waals surface area contributed by atoms with Crippen LogP contribution in [-0.4, -0.2) is 30.7 Å². The third kappa shape index (κ3) is 8.02. The standard InChI is InChI=1S/C39H33N3O6/c1-47-33-21-15-30(16-22-33)40-25-35(38(43)28-9-5-3-6-10-28)37(27-13-19-32(20-14-27)42(45)46)36(39(44)29-11-7-4-8-12-29)26-41-31-17-23-34(48-2)24-18-31/h3-26,37,40-41H,1-2H3/b35-25+,36-26+. The molecule has 0 aliphatic heterocycles. The molecule has 240 valence electrons. The quantitative estimate of drug-likeness (QED) is 0.0538. The van der Waals surface area contributed by atoms with E-state index in [2.05, 4.69) is 10.6 Å². The highest BCUT2D eigenvalue weighted by atomic mass is 16.6. The monoisotopic (exact) mass is 639 g/mol. The molecule has 9 heteroatoms. The van der Waals surface area contributed by atoms with Crippen LogP contribution >= 0.6 is 0 Å². The normalized spacial score (nSPS) is 12.0. The van der Waals surface area contributed by atoms with E-state index < -0.39 is 10.8 Å². The first-order chi connectivity index (χ1) is 23.4. The summed E-state index contributed by atoms with van der Waals surface area (Å²) in [7, 11) is 3.15. The van der Waals surface area contributed by atoms with Crippen LogP contribution in [0.25, 0.3) is 0 Å². The van der Waals surface area contributed by atoms with Crippen LogP contribution in [0.15, 0.2) is 157 Å². The molecule has 0 fully saturated rings. The molecule has 0 spiro atoms. The summed E-state index contributed by atoms with van der Waals surface area (Å²) >= 11 is 0. The van der Waals surface area contributed by atoms with Gasteiger partial charge in [0.25, 0.3) is 5.69 Å². The summed E-state index contributed by atoms with van der Waals surface area (Å²) in [6.07, 6.45) is 3.17. The molecule has 0 saturated heterocycles. The molecule has 0 bridgehead atoms. The number of non-ortho nitro benzene ring substituents is 1.